The van der Waals surface area contributed by atoms with Crippen LogP contribution >= 0.6 is 7.82 Å². The molecule has 3 unspecified atom stereocenters. The smallest absolute Gasteiger partial charge is 0.456 e. The van der Waals surface area contributed by atoms with Crippen molar-refractivity contribution >= 4 is 19.7 Å². The topological polar surface area (TPSA) is 111 Å². The van der Waals surface area contributed by atoms with Crippen molar-refractivity contribution < 1.29 is 37.3 Å². The molecule has 0 bridgehead atoms. The number of ether oxygens (including phenoxy) is 1. The molecule has 73 heavy (non-hydrogen) atoms. The number of unbranched alkanes of at least 4 members (excludes halogenated alkanes) is 31. The summed E-state index contributed by atoms with van der Waals surface area (Å²) >= 11 is 0. The van der Waals surface area contributed by atoms with Gasteiger partial charge < -0.3 is 19.4 Å². The third-order valence-corrected chi connectivity index (χ3v) is 14.4. The van der Waals surface area contributed by atoms with Crippen LogP contribution in [0.5, 0.6) is 0 Å². The van der Waals surface area contributed by atoms with E-state index >= 15 is 0 Å². The molecule has 0 aromatic rings. The average Bonchev–Trinajstić information content (AvgIpc) is 3.35. The number of nitrogens with one attached hydrogen (secondary N) is 1. The molecule has 0 spiro atoms. The minimum Gasteiger partial charge on any atom is -0.456 e. The van der Waals surface area contributed by atoms with Crippen LogP contribution in [0.1, 0.15) is 278 Å². The molecular weight excluding hydrogens is 928 g/mol. The number of nitrogens with zero attached hydrogens (tertiary/aromatic N) is 1. The highest BCUT2D eigenvalue weighted by Gasteiger charge is 2.30. The van der Waals surface area contributed by atoms with Crippen LogP contribution in [0.3, 0.4) is 0 Å². The number of likely N-dealkylation sites (N-methyl/N-ethyl adjacent to an activating group) is 1. The highest BCUT2D eigenvalue weighted by atomic mass is 31.2. The van der Waals surface area contributed by atoms with Crippen LogP contribution in [-0.2, 0) is 27.9 Å². The minimum atomic E-state index is -4.46. The number of phosphoric acid groups is 1. The minimum absolute atomic E-state index is 0.0300. The third-order valence-electron chi connectivity index (χ3n) is 13.5. The van der Waals surface area contributed by atoms with Crippen LogP contribution < -0.4 is 5.32 Å². The Labute approximate surface area is 451 Å². The van der Waals surface area contributed by atoms with Gasteiger partial charge in [0.2, 0.25) is 5.91 Å². The van der Waals surface area contributed by atoms with Gasteiger partial charge in [-0.05, 0) is 70.3 Å². The summed E-state index contributed by atoms with van der Waals surface area (Å²) in [6.45, 7) is 6.95. The van der Waals surface area contributed by atoms with E-state index in [9.17, 15) is 19.0 Å². The Kier molecular flexibility index (Phi) is 51.5. The van der Waals surface area contributed by atoms with Crippen molar-refractivity contribution in [2.24, 2.45) is 0 Å². The summed E-state index contributed by atoms with van der Waals surface area (Å²) in [4.78, 5) is 37.6. The van der Waals surface area contributed by atoms with Crippen LogP contribution in [0.2, 0.25) is 0 Å². The average molecular weight is 1050 g/mol. The van der Waals surface area contributed by atoms with Gasteiger partial charge in [-0.15, -0.1) is 0 Å². The molecule has 0 aromatic carbocycles. The number of carbonyl (C=O) groups excluding carboxylic acids is 2. The van der Waals surface area contributed by atoms with Crippen molar-refractivity contribution in [2.45, 2.75) is 290 Å². The van der Waals surface area contributed by atoms with Gasteiger partial charge in [0, 0.05) is 12.8 Å². The van der Waals surface area contributed by atoms with Crippen molar-refractivity contribution in [1.82, 2.24) is 5.32 Å². The lowest BCUT2D eigenvalue weighted by atomic mass is 10.0. The highest BCUT2D eigenvalue weighted by Crippen LogP contribution is 2.43. The van der Waals surface area contributed by atoms with Crippen molar-refractivity contribution in [1.29, 1.82) is 0 Å². The van der Waals surface area contributed by atoms with Gasteiger partial charge in [-0.3, -0.25) is 18.6 Å². The maximum atomic E-state index is 13.5. The van der Waals surface area contributed by atoms with Gasteiger partial charge in [-0.25, -0.2) is 4.57 Å². The van der Waals surface area contributed by atoms with Crippen molar-refractivity contribution in [3.63, 3.8) is 0 Å². The first-order chi connectivity index (χ1) is 35.4. The molecule has 0 rings (SSSR count). The third kappa shape index (κ3) is 54.3. The lowest BCUT2D eigenvalue weighted by molar-refractivity contribution is -0.870. The van der Waals surface area contributed by atoms with Crippen LogP contribution in [-0.4, -0.2) is 74.3 Å². The zero-order chi connectivity index (χ0) is 53.6. The quantitative estimate of drug-likeness (QED) is 0.0205. The molecule has 1 amide bonds. The zero-order valence-corrected chi connectivity index (χ0v) is 49.5. The number of allylic oxidation sites excluding steroid dienone is 9. The number of hydrogen-bond acceptors (Lipinski definition) is 6. The molecule has 426 valence electrons. The van der Waals surface area contributed by atoms with Gasteiger partial charge in [0.15, 0.2) is 0 Å². The number of amides is 1. The molecule has 9 nitrogen and oxygen atoms in total. The highest BCUT2D eigenvalue weighted by molar-refractivity contribution is 7.47. The number of quaternary nitrogens is 1. The molecule has 0 saturated heterocycles. The molecule has 0 heterocycles. The second-order valence-corrected chi connectivity index (χ2v) is 23.3. The number of hydrogen-bond donors (Lipinski definition) is 2. The monoisotopic (exact) mass is 1050 g/mol. The second kappa shape index (κ2) is 53.1. The van der Waals surface area contributed by atoms with Crippen molar-refractivity contribution in [2.75, 3.05) is 40.9 Å². The van der Waals surface area contributed by atoms with Gasteiger partial charge in [-0.1, -0.05) is 255 Å². The molecule has 0 aliphatic heterocycles. The summed E-state index contributed by atoms with van der Waals surface area (Å²) in [5.41, 5.74) is 0. The maximum Gasteiger partial charge on any atom is 0.472 e. The molecule has 0 aromatic heterocycles. The molecule has 10 heteroatoms. The maximum absolute atomic E-state index is 13.5. The zero-order valence-electron chi connectivity index (χ0n) is 48.6. The first kappa shape index (κ1) is 70.7. The van der Waals surface area contributed by atoms with E-state index in [1.54, 1.807) is 0 Å². The van der Waals surface area contributed by atoms with E-state index in [1.807, 2.05) is 33.3 Å². The van der Waals surface area contributed by atoms with E-state index in [1.165, 1.54) is 173 Å². The predicted molar refractivity (Wildman–Crippen MR) is 314 cm³/mol. The molecule has 0 aliphatic rings. The summed E-state index contributed by atoms with van der Waals surface area (Å²) < 4.78 is 30.6. The predicted octanol–water partition coefficient (Wildman–Crippen LogP) is 18.7. The first-order valence-corrected chi connectivity index (χ1v) is 32.1. The van der Waals surface area contributed by atoms with Gasteiger partial charge in [0.25, 0.3) is 0 Å². The van der Waals surface area contributed by atoms with Gasteiger partial charge in [0.1, 0.15) is 19.3 Å². The Bertz CT molecular complexity index is 1440. The van der Waals surface area contributed by atoms with Gasteiger partial charge >= 0.3 is 13.8 Å². The molecule has 0 fully saturated rings. The number of esters is 1. The Morgan fingerprint density at radius 3 is 1.30 bits per heavy atom. The molecule has 0 radical (unpaired) electrons. The second-order valence-electron chi connectivity index (χ2n) is 21.9. The molecular formula is C63H118N2O7P+. The fraction of sp³-hybridized carbons (Fsp3) is 0.810. The normalized spacial score (nSPS) is 14.1. The Morgan fingerprint density at radius 1 is 0.479 bits per heavy atom. The van der Waals surface area contributed by atoms with Crippen molar-refractivity contribution in [3.05, 3.63) is 60.8 Å². The van der Waals surface area contributed by atoms with Crippen molar-refractivity contribution in [3.8, 4) is 0 Å². The fourth-order valence-corrected chi connectivity index (χ4v) is 9.43. The molecule has 0 aliphatic carbocycles. The van der Waals surface area contributed by atoms with E-state index < -0.39 is 20.0 Å². The van der Waals surface area contributed by atoms with E-state index in [4.69, 9.17) is 13.8 Å². The Balaban J connectivity index is 5.30. The number of carbonyl (C=O) groups is 2. The van der Waals surface area contributed by atoms with E-state index in [2.05, 4.69) is 74.7 Å². The molecule has 2 N–H and O–H groups in total. The fourth-order valence-electron chi connectivity index (χ4n) is 8.70. The van der Waals surface area contributed by atoms with E-state index in [0.717, 1.165) is 64.2 Å². The van der Waals surface area contributed by atoms with Gasteiger partial charge in [0.05, 0.1) is 33.8 Å². The molecule has 0 saturated carbocycles. The molecule has 3 atom stereocenters. The summed E-state index contributed by atoms with van der Waals surface area (Å²) in [6.07, 6.45) is 66.6. The largest absolute Gasteiger partial charge is 0.472 e. The first-order valence-electron chi connectivity index (χ1n) is 30.6. The van der Waals surface area contributed by atoms with Crippen LogP contribution in [0, 0.1) is 0 Å². The van der Waals surface area contributed by atoms with E-state index in [0.29, 0.717) is 17.4 Å². The Hall–Kier alpha value is -2.29. The van der Waals surface area contributed by atoms with E-state index in [-0.39, 0.29) is 37.9 Å². The summed E-state index contributed by atoms with van der Waals surface area (Å²) in [5.74, 6) is -0.564. The summed E-state index contributed by atoms with van der Waals surface area (Å²) in [7, 11) is 1.46. The Morgan fingerprint density at radius 2 is 0.849 bits per heavy atom. The van der Waals surface area contributed by atoms with Crippen LogP contribution in [0.15, 0.2) is 60.8 Å². The van der Waals surface area contributed by atoms with Crippen LogP contribution in [0.25, 0.3) is 0 Å². The van der Waals surface area contributed by atoms with Crippen LogP contribution in [0.4, 0.5) is 0 Å². The van der Waals surface area contributed by atoms with Gasteiger partial charge in [-0.2, -0.15) is 0 Å². The summed E-state index contributed by atoms with van der Waals surface area (Å²) in [5, 5.41) is 3.02. The number of rotatable bonds is 55. The lowest BCUT2D eigenvalue weighted by Crippen LogP contribution is -2.47. The number of phosphoric ester groups is 1. The standard InChI is InChI=1S/C63H117N2O7P/c1-7-10-13-16-19-22-25-27-29-31-32-34-36-38-41-44-47-50-53-56-63(67)72-61(54-51-48-45-42-39-24-21-18-15-12-9-3)60(59-71-73(68,69)70-58-57-65(4,5)6)64-62(66)55-52-49-46-43-40-37-35-33-30-28-26-23-20-17-14-11-8-2/h20,23,28,30,35,37,43,46,51,54,60-61H,7-19,21-22,24-27,29,31-34,36,38-42,44-45,47-50,52-53,55-59H2,1-6H3,(H-,64,66,68,69)/p+1/b23-20-,30-28-,37-35-,46-43-,54-51+. The lowest BCUT2D eigenvalue weighted by Gasteiger charge is -2.27. The SMILES string of the molecule is CCCCC/C=C\C/C=C\C/C=C\C/C=C\CCCC(=O)NC(COP(=O)(O)OCC[N+](C)(C)C)C(/C=C/CCCCCCCCCCC)OC(=O)CCCCCCCCCCCCCCCCCCCCC. The summed E-state index contributed by atoms with van der Waals surface area (Å²) in [6, 6.07) is -0.875.